The van der Waals surface area contributed by atoms with Crippen molar-refractivity contribution in [2.45, 2.75) is 12.3 Å². The third-order valence-corrected chi connectivity index (χ3v) is 5.78. The van der Waals surface area contributed by atoms with Gasteiger partial charge in [0.2, 0.25) is 5.43 Å². The predicted molar refractivity (Wildman–Crippen MR) is 120 cm³/mol. The largest absolute Gasteiger partial charge is 0.497 e. The smallest absolute Gasteiger partial charge is 0.312 e. The summed E-state index contributed by atoms with van der Waals surface area (Å²) in [4.78, 5) is 25.9. The molecular formula is C26H20O6. The van der Waals surface area contributed by atoms with Gasteiger partial charge in [0.05, 0.1) is 26.2 Å². The van der Waals surface area contributed by atoms with E-state index < -0.39 is 0 Å². The summed E-state index contributed by atoms with van der Waals surface area (Å²) >= 11 is 0. The highest BCUT2D eigenvalue weighted by Gasteiger charge is 2.33. The fourth-order valence-corrected chi connectivity index (χ4v) is 4.22. The zero-order valence-corrected chi connectivity index (χ0v) is 17.6. The molecule has 0 N–H and O–H groups in total. The number of carbonyl (C=O) groups excluding carboxylic acids is 1. The summed E-state index contributed by atoms with van der Waals surface area (Å²) in [7, 11) is 3.06. The Morgan fingerprint density at radius 1 is 0.938 bits per heavy atom. The van der Waals surface area contributed by atoms with Crippen molar-refractivity contribution in [3.63, 3.8) is 0 Å². The second kappa shape index (κ2) is 7.89. The lowest BCUT2D eigenvalue weighted by molar-refractivity contribution is -0.135. The van der Waals surface area contributed by atoms with Gasteiger partial charge in [0.15, 0.2) is 0 Å². The van der Waals surface area contributed by atoms with Gasteiger partial charge in [-0.25, -0.2) is 0 Å². The van der Waals surface area contributed by atoms with Crippen molar-refractivity contribution >= 4 is 16.9 Å². The fraction of sp³-hybridized carbons (Fsp3) is 0.154. The maximum atomic E-state index is 13.6. The molecule has 0 amide bonds. The molecule has 0 saturated heterocycles. The zero-order chi connectivity index (χ0) is 22.2. The lowest BCUT2D eigenvalue weighted by atomic mass is 9.85. The minimum absolute atomic E-state index is 0.155. The molecule has 3 aromatic carbocycles. The van der Waals surface area contributed by atoms with E-state index in [0.717, 1.165) is 5.56 Å². The molecule has 0 radical (unpaired) electrons. The molecule has 1 aliphatic rings. The van der Waals surface area contributed by atoms with Gasteiger partial charge in [-0.15, -0.1) is 0 Å². The van der Waals surface area contributed by atoms with E-state index in [1.165, 1.54) is 13.4 Å². The van der Waals surface area contributed by atoms with Crippen LogP contribution in [0.1, 0.15) is 23.5 Å². The van der Waals surface area contributed by atoms with Crippen molar-refractivity contribution < 1.29 is 23.4 Å². The highest BCUT2D eigenvalue weighted by atomic mass is 16.5. The molecule has 32 heavy (non-hydrogen) atoms. The first kappa shape index (κ1) is 19.9. The molecule has 0 aliphatic carbocycles. The van der Waals surface area contributed by atoms with Crippen molar-refractivity contribution in [2.75, 3.05) is 14.2 Å². The summed E-state index contributed by atoms with van der Waals surface area (Å²) in [5.74, 6) is 0.697. The van der Waals surface area contributed by atoms with Crippen LogP contribution in [0.4, 0.5) is 0 Å². The molecule has 0 fully saturated rings. The number of carbonyl (C=O) groups is 1. The number of esters is 1. The van der Waals surface area contributed by atoms with Crippen LogP contribution in [0.15, 0.2) is 76.1 Å². The first-order chi connectivity index (χ1) is 15.6. The van der Waals surface area contributed by atoms with Crippen LogP contribution < -0.4 is 19.6 Å². The summed E-state index contributed by atoms with van der Waals surface area (Å²) in [5, 5.41) is 0.318. The summed E-state index contributed by atoms with van der Waals surface area (Å²) < 4.78 is 22.3. The molecule has 1 aromatic heterocycles. The average Bonchev–Trinajstić information content (AvgIpc) is 2.83. The van der Waals surface area contributed by atoms with Gasteiger partial charge >= 0.3 is 5.97 Å². The highest BCUT2D eigenvalue weighted by Crippen LogP contribution is 2.45. The van der Waals surface area contributed by atoms with E-state index in [1.807, 2.05) is 30.3 Å². The minimum atomic E-state index is -0.343. The van der Waals surface area contributed by atoms with Gasteiger partial charge in [-0.3, -0.25) is 9.59 Å². The van der Waals surface area contributed by atoms with Crippen LogP contribution >= 0.6 is 0 Å². The van der Waals surface area contributed by atoms with Crippen LogP contribution in [-0.4, -0.2) is 20.2 Å². The van der Waals surface area contributed by atoms with Gasteiger partial charge in [-0.1, -0.05) is 42.5 Å². The Morgan fingerprint density at radius 2 is 1.69 bits per heavy atom. The molecule has 2 heterocycles. The third-order valence-electron chi connectivity index (χ3n) is 5.78. The van der Waals surface area contributed by atoms with E-state index in [-0.39, 0.29) is 23.7 Å². The Kier molecular flexibility index (Phi) is 4.90. The van der Waals surface area contributed by atoms with E-state index in [9.17, 15) is 9.59 Å². The number of rotatable bonds is 4. The van der Waals surface area contributed by atoms with E-state index in [2.05, 4.69) is 0 Å². The van der Waals surface area contributed by atoms with E-state index >= 15 is 0 Å². The summed E-state index contributed by atoms with van der Waals surface area (Å²) in [6.07, 6.45) is 1.60. The zero-order valence-electron chi connectivity index (χ0n) is 17.6. The Morgan fingerprint density at radius 3 is 2.38 bits per heavy atom. The normalized spacial score (nSPS) is 15.2. The van der Waals surface area contributed by atoms with Gasteiger partial charge in [0, 0.05) is 17.5 Å². The molecule has 0 spiro atoms. The summed E-state index contributed by atoms with van der Waals surface area (Å²) in [5.41, 5.74) is 2.86. The Labute approximate surface area is 184 Å². The molecule has 0 saturated carbocycles. The molecule has 0 bridgehead atoms. The summed E-state index contributed by atoms with van der Waals surface area (Å²) in [6, 6.07) is 18.4. The Balaban J connectivity index is 1.77. The third kappa shape index (κ3) is 3.21. The maximum Gasteiger partial charge on any atom is 0.312 e. The SMILES string of the molecule is COc1ccc(-c2coc3c4c(cc(OC)c3c2=O)OC(=O)C[C@H]4c2ccccc2)cc1. The predicted octanol–water partition coefficient (Wildman–Crippen LogP) is 4.92. The second-order valence-electron chi connectivity index (χ2n) is 7.54. The van der Waals surface area contributed by atoms with E-state index in [1.54, 1.807) is 37.4 Å². The topological polar surface area (TPSA) is 75.0 Å². The number of ether oxygens (including phenoxy) is 3. The number of hydrogen-bond donors (Lipinski definition) is 0. The molecular weight excluding hydrogens is 408 g/mol. The molecule has 1 atom stereocenters. The number of methoxy groups -OCH3 is 2. The van der Waals surface area contributed by atoms with Gasteiger partial charge < -0.3 is 18.6 Å². The molecule has 6 heteroatoms. The molecule has 0 unspecified atom stereocenters. The van der Waals surface area contributed by atoms with Crippen molar-refractivity contribution in [3.8, 4) is 28.4 Å². The lowest BCUT2D eigenvalue weighted by Gasteiger charge is -2.26. The molecule has 4 aromatic rings. The molecule has 5 rings (SSSR count). The average molecular weight is 428 g/mol. The van der Waals surface area contributed by atoms with Crippen LogP contribution in [-0.2, 0) is 4.79 Å². The second-order valence-corrected chi connectivity index (χ2v) is 7.54. The van der Waals surface area contributed by atoms with Gasteiger partial charge in [-0.05, 0) is 23.3 Å². The molecule has 160 valence electrons. The van der Waals surface area contributed by atoms with E-state index in [0.29, 0.717) is 44.9 Å². The number of fused-ring (bicyclic) bond motifs is 3. The van der Waals surface area contributed by atoms with Crippen LogP contribution in [0.2, 0.25) is 0 Å². The first-order valence-electron chi connectivity index (χ1n) is 10.2. The minimum Gasteiger partial charge on any atom is -0.497 e. The van der Waals surface area contributed by atoms with Crippen molar-refractivity contribution in [1.29, 1.82) is 0 Å². The quantitative estimate of drug-likeness (QED) is 0.339. The Hall–Kier alpha value is -4.06. The van der Waals surface area contributed by atoms with Crippen LogP contribution in [0.25, 0.3) is 22.1 Å². The van der Waals surface area contributed by atoms with Crippen LogP contribution in [0, 0.1) is 0 Å². The molecule has 6 nitrogen and oxygen atoms in total. The van der Waals surface area contributed by atoms with Gasteiger partial charge in [0.25, 0.3) is 0 Å². The van der Waals surface area contributed by atoms with E-state index in [4.69, 9.17) is 18.6 Å². The fourth-order valence-electron chi connectivity index (χ4n) is 4.22. The number of hydrogen-bond acceptors (Lipinski definition) is 6. The summed E-state index contributed by atoms with van der Waals surface area (Å²) in [6.45, 7) is 0. The van der Waals surface area contributed by atoms with Crippen LogP contribution in [0.3, 0.4) is 0 Å². The lowest BCUT2D eigenvalue weighted by Crippen LogP contribution is -2.22. The Bertz CT molecular complexity index is 1370. The van der Waals surface area contributed by atoms with Crippen molar-refractivity contribution in [1.82, 2.24) is 0 Å². The first-order valence-corrected chi connectivity index (χ1v) is 10.2. The monoisotopic (exact) mass is 428 g/mol. The van der Waals surface area contributed by atoms with Crippen LogP contribution in [0.5, 0.6) is 17.2 Å². The van der Waals surface area contributed by atoms with Gasteiger partial charge in [0.1, 0.15) is 34.5 Å². The standard InChI is InChI=1S/C26H20O6/c1-29-17-10-8-16(9-11-17)19-14-31-26-23-18(15-6-4-3-5-7-15)12-22(27)32-21(23)13-20(30-2)24(26)25(19)28/h3-11,13-14,18H,12H2,1-2H3/t18-/m0/s1. The molecule has 1 aliphatic heterocycles. The van der Waals surface area contributed by atoms with Crippen molar-refractivity contribution in [3.05, 3.63) is 88.3 Å². The van der Waals surface area contributed by atoms with Gasteiger partial charge in [-0.2, -0.15) is 0 Å². The maximum absolute atomic E-state index is 13.6. The number of benzene rings is 3. The van der Waals surface area contributed by atoms with Crippen molar-refractivity contribution in [2.24, 2.45) is 0 Å². The highest BCUT2D eigenvalue weighted by molar-refractivity contribution is 5.94.